The zero-order valence-corrected chi connectivity index (χ0v) is 19.7. The summed E-state index contributed by atoms with van der Waals surface area (Å²) in [6, 6.07) is 14.3. The molecule has 0 bridgehead atoms. The molecule has 3 aromatic heterocycles. The molecular weight excluding hydrogens is 440 g/mol. The maximum Gasteiger partial charge on any atom is 0.229 e. The third-order valence-corrected chi connectivity index (χ3v) is 7.23. The van der Waals surface area contributed by atoms with E-state index in [-0.39, 0.29) is 12.1 Å². The minimum Gasteiger partial charge on any atom is -0.373 e. The highest BCUT2D eigenvalue weighted by atomic mass is 16.5. The Bertz CT molecular complexity index is 1400. The summed E-state index contributed by atoms with van der Waals surface area (Å²) in [5, 5.41) is 10.0. The molecule has 1 unspecified atom stereocenters. The fraction of sp³-hybridized carbons (Fsp3) is 0.333. The van der Waals surface area contributed by atoms with Gasteiger partial charge in [0.1, 0.15) is 5.82 Å². The molecule has 6 rings (SSSR count). The third-order valence-electron chi connectivity index (χ3n) is 7.23. The van der Waals surface area contributed by atoms with Gasteiger partial charge in [-0.1, -0.05) is 30.3 Å². The van der Waals surface area contributed by atoms with E-state index >= 15 is 0 Å². The van der Waals surface area contributed by atoms with Crippen LogP contribution in [0.1, 0.15) is 44.0 Å². The highest BCUT2D eigenvalue weighted by Crippen LogP contribution is 2.48. The summed E-state index contributed by atoms with van der Waals surface area (Å²) in [7, 11) is 1.84. The third kappa shape index (κ3) is 3.65. The van der Waals surface area contributed by atoms with Crippen molar-refractivity contribution in [3.8, 4) is 22.5 Å². The van der Waals surface area contributed by atoms with Gasteiger partial charge >= 0.3 is 0 Å². The van der Waals surface area contributed by atoms with Crippen molar-refractivity contribution in [2.75, 3.05) is 19.0 Å². The van der Waals surface area contributed by atoms with Crippen LogP contribution in [0.25, 0.3) is 33.3 Å². The SMILES string of the molecule is CNc1ncc(-c2cc(-c3ccccc3)nn2C2CCCCO2)c2cc(C3(C(N)=O)CC3)ncc12. The van der Waals surface area contributed by atoms with Gasteiger partial charge in [0.15, 0.2) is 6.23 Å². The number of nitrogens with two attached hydrogens (primary N) is 1. The second-order valence-corrected chi connectivity index (χ2v) is 9.38. The van der Waals surface area contributed by atoms with E-state index in [2.05, 4.69) is 33.5 Å². The Kier molecular flexibility index (Phi) is 5.25. The normalized spacial score (nSPS) is 18.9. The Balaban J connectivity index is 1.57. The smallest absolute Gasteiger partial charge is 0.229 e. The second-order valence-electron chi connectivity index (χ2n) is 9.38. The van der Waals surface area contributed by atoms with Crippen LogP contribution < -0.4 is 11.1 Å². The molecule has 2 fully saturated rings. The number of rotatable bonds is 6. The lowest BCUT2D eigenvalue weighted by atomic mass is 9.97. The summed E-state index contributed by atoms with van der Waals surface area (Å²) in [6.45, 7) is 0.720. The van der Waals surface area contributed by atoms with E-state index in [1.807, 2.05) is 42.2 Å². The van der Waals surface area contributed by atoms with Gasteiger partial charge in [-0.15, -0.1) is 0 Å². The molecule has 3 N–H and O–H groups in total. The van der Waals surface area contributed by atoms with E-state index in [4.69, 9.17) is 15.6 Å². The summed E-state index contributed by atoms with van der Waals surface area (Å²) >= 11 is 0. The quantitative estimate of drug-likeness (QED) is 0.434. The molecule has 1 aliphatic heterocycles. The lowest BCUT2D eigenvalue weighted by molar-refractivity contribution is -0.120. The van der Waals surface area contributed by atoms with Gasteiger partial charge in [0.2, 0.25) is 5.91 Å². The maximum absolute atomic E-state index is 12.2. The summed E-state index contributed by atoms with van der Waals surface area (Å²) in [5.41, 5.74) is 9.59. The number of carbonyl (C=O) groups excluding carboxylic acids is 1. The van der Waals surface area contributed by atoms with Gasteiger partial charge in [-0.25, -0.2) is 9.67 Å². The van der Waals surface area contributed by atoms with Gasteiger partial charge in [0.05, 0.1) is 22.5 Å². The molecule has 1 aromatic carbocycles. The van der Waals surface area contributed by atoms with Crippen molar-refractivity contribution in [1.82, 2.24) is 19.7 Å². The first kappa shape index (κ1) is 21.7. The molecule has 4 aromatic rings. The fourth-order valence-electron chi connectivity index (χ4n) is 5.04. The van der Waals surface area contributed by atoms with Crippen molar-refractivity contribution in [2.45, 2.75) is 43.7 Å². The van der Waals surface area contributed by atoms with Crippen molar-refractivity contribution in [3.05, 3.63) is 60.6 Å². The van der Waals surface area contributed by atoms with Crippen LogP contribution in [0.15, 0.2) is 54.9 Å². The average Bonchev–Trinajstić information content (AvgIpc) is 3.62. The summed E-state index contributed by atoms with van der Waals surface area (Å²) in [5.74, 6) is 0.413. The van der Waals surface area contributed by atoms with E-state index in [1.165, 1.54) is 0 Å². The van der Waals surface area contributed by atoms with Crippen molar-refractivity contribution in [1.29, 1.82) is 0 Å². The van der Waals surface area contributed by atoms with E-state index in [1.54, 1.807) is 6.20 Å². The Hall–Kier alpha value is -3.78. The van der Waals surface area contributed by atoms with Crippen molar-refractivity contribution in [2.24, 2.45) is 5.73 Å². The second kappa shape index (κ2) is 8.46. The van der Waals surface area contributed by atoms with Crippen LogP contribution >= 0.6 is 0 Å². The molecule has 1 atom stereocenters. The van der Waals surface area contributed by atoms with E-state index in [0.717, 1.165) is 83.5 Å². The number of aromatic nitrogens is 4. The highest BCUT2D eigenvalue weighted by molar-refractivity contribution is 6.02. The lowest BCUT2D eigenvalue weighted by Crippen LogP contribution is -2.29. The van der Waals surface area contributed by atoms with Crippen LogP contribution in [0.2, 0.25) is 0 Å². The maximum atomic E-state index is 12.2. The molecular formula is C27H28N6O2. The first-order valence-corrected chi connectivity index (χ1v) is 12.1. The first-order valence-electron chi connectivity index (χ1n) is 12.1. The molecule has 1 amide bonds. The van der Waals surface area contributed by atoms with Gasteiger partial charge < -0.3 is 15.8 Å². The molecule has 8 nitrogen and oxygen atoms in total. The van der Waals surface area contributed by atoms with Gasteiger partial charge in [-0.05, 0) is 49.6 Å². The van der Waals surface area contributed by atoms with E-state index in [9.17, 15) is 4.79 Å². The topological polar surface area (TPSA) is 108 Å². The van der Waals surface area contributed by atoms with Crippen molar-refractivity contribution in [3.63, 3.8) is 0 Å². The molecule has 1 saturated heterocycles. The highest BCUT2D eigenvalue weighted by Gasteiger charge is 2.51. The molecule has 8 heteroatoms. The first-order chi connectivity index (χ1) is 17.1. The number of nitrogens with one attached hydrogen (secondary N) is 1. The summed E-state index contributed by atoms with van der Waals surface area (Å²) in [6.07, 6.45) is 8.04. The van der Waals surface area contributed by atoms with Gasteiger partial charge in [-0.3, -0.25) is 9.78 Å². The minimum absolute atomic E-state index is 0.142. The fourth-order valence-corrected chi connectivity index (χ4v) is 5.04. The molecule has 35 heavy (non-hydrogen) atoms. The van der Waals surface area contributed by atoms with E-state index in [0.29, 0.717) is 0 Å². The number of hydrogen-bond acceptors (Lipinski definition) is 6. The molecule has 2 aliphatic rings. The number of anilines is 1. The van der Waals surface area contributed by atoms with Gasteiger partial charge in [0.25, 0.3) is 0 Å². The number of ether oxygens (including phenoxy) is 1. The monoisotopic (exact) mass is 468 g/mol. The number of pyridine rings is 2. The minimum atomic E-state index is -0.670. The van der Waals surface area contributed by atoms with Crippen LogP contribution in [0.5, 0.6) is 0 Å². The zero-order valence-electron chi connectivity index (χ0n) is 19.7. The predicted octanol–water partition coefficient (Wildman–Crippen LogP) is 4.42. The number of fused-ring (bicyclic) bond motifs is 1. The number of carbonyl (C=O) groups is 1. The number of amides is 1. The standard InChI is InChI=1S/C27H28N6O2/c1-29-25-20-16-30-23(27(10-11-27)26(28)34)13-18(20)19(15-31-25)22-14-21(17-7-3-2-4-8-17)32-33(22)24-9-5-6-12-35-24/h2-4,7-8,13-16,24H,5-6,9-12H2,1H3,(H2,28,34)(H,29,31). The van der Waals surface area contributed by atoms with E-state index < -0.39 is 5.41 Å². The molecule has 0 radical (unpaired) electrons. The molecule has 1 saturated carbocycles. The van der Waals surface area contributed by atoms with Gasteiger partial charge in [0, 0.05) is 42.6 Å². The Labute approximate surface area is 203 Å². The summed E-state index contributed by atoms with van der Waals surface area (Å²) in [4.78, 5) is 21.6. The average molecular weight is 469 g/mol. The molecule has 178 valence electrons. The lowest BCUT2D eigenvalue weighted by Gasteiger charge is -2.25. The predicted molar refractivity (Wildman–Crippen MR) is 135 cm³/mol. The molecule has 4 heterocycles. The Morgan fingerprint density at radius 1 is 1.11 bits per heavy atom. The van der Waals surface area contributed by atoms with Crippen LogP contribution in [-0.4, -0.2) is 39.3 Å². The zero-order chi connectivity index (χ0) is 24.0. The van der Waals surface area contributed by atoms with Crippen LogP contribution in [0.3, 0.4) is 0 Å². The number of nitrogens with zero attached hydrogens (tertiary/aromatic N) is 4. The Morgan fingerprint density at radius 2 is 1.94 bits per heavy atom. The van der Waals surface area contributed by atoms with Crippen molar-refractivity contribution >= 4 is 22.5 Å². The molecule has 0 spiro atoms. The molecule has 1 aliphatic carbocycles. The summed E-state index contributed by atoms with van der Waals surface area (Å²) < 4.78 is 8.14. The number of hydrogen-bond donors (Lipinski definition) is 2. The van der Waals surface area contributed by atoms with Crippen molar-refractivity contribution < 1.29 is 9.53 Å². The number of primary amides is 1. The van der Waals surface area contributed by atoms with Crippen LogP contribution in [-0.2, 0) is 14.9 Å². The Morgan fingerprint density at radius 3 is 2.63 bits per heavy atom. The van der Waals surface area contributed by atoms with Crippen LogP contribution in [0.4, 0.5) is 5.82 Å². The largest absolute Gasteiger partial charge is 0.373 e. The van der Waals surface area contributed by atoms with Gasteiger partial charge in [-0.2, -0.15) is 5.10 Å². The number of benzene rings is 1. The van der Waals surface area contributed by atoms with Crippen LogP contribution in [0, 0.1) is 0 Å².